The number of hydrogen-bond acceptors (Lipinski definition) is 7. The normalized spacial score (nSPS) is 18.8. The van der Waals surface area contributed by atoms with Gasteiger partial charge in [0.05, 0.1) is 43.9 Å². The van der Waals surface area contributed by atoms with E-state index in [4.69, 9.17) is 25.8 Å². The van der Waals surface area contributed by atoms with E-state index in [1.165, 1.54) is 0 Å². The zero-order chi connectivity index (χ0) is 26.0. The van der Waals surface area contributed by atoms with E-state index in [-0.39, 0.29) is 11.2 Å². The average molecular weight is 525 g/mol. The van der Waals surface area contributed by atoms with Gasteiger partial charge < -0.3 is 19.5 Å². The Balaban J connectivity index is 1.85. The number of rotatable bonds is 7. The van der Waals surface area contributed by atoms with Gasteiger partial charge in [0, 0.05) is 28.5 Å². The van der Waals surface area contributed by atoms with E-state index in [2.05, 4.69) is 25.2 Å². The van der Waals surface area contributed by atoms with Gasteiger partial charge in [-0.3, -0.25) is 4.79 Å². The first kappa shape index (κ1) is 26.0. The number of halogens is 1. The Bertz CT molecular complexity index is 1270. The summed E-state index contributed by atoms with van der Waals surface area (Å²) in [5, 5.41) is 15.3. The second-order valence-electron chi connectivity index (χ2n) is 9.62. The molecule has 0 saturated carbocycles. The maximum atomic E-state index is 13.5. The maximum Gasteiger partial charge on any atom is 0.203 e. The Labute approximate surface area is 221 Å². The molecule has 0 unspecified atom stereocenters. The number of nitrogens with zero attached hydrogens (tertiary/aromatic N) is 1. The summed E-state index contributed by atoms with van der Waals surface area (Å²) in [6, 6.07) is 13.7. The van der Waals surface area contributed by atoms with Crippen LogP contribution in [0.15, 0.2) is 58.3 Å². The first-order chi connectivity index (χ1) is 17.2. The van der Waals surface area contributed by atoms with Crippen molar-refractivity contribution in [3.8, 4) is 23.3 Å². The van der Waals surface area contributed by atoms with Gasteiger partial charge in [0.2, 0.25) is 5.75 Å². The van der Waals surface area contributed by atoms with Crippen LogP contribution in [0.1, 0.15) is 43.7 Å². The Morgan fingerprint density at radius 1 is 1.08 bits per heavy atom. The van der Waals surface area contributed by atoms with Crippen LogP contribution in [0, 0.1) is 16.7 Å². The summed E-state index contributed by atoms with van der Waals surface area (Å²) in [7, 11) is 4.65. The molecule has 1 atom stereocenters. The smallest absolute Gasteiger partial charge is 0.203 e. The summed E-state index contributed by atoms with van der Waals surface area (Å²) in [5.41, 5.74) is 3.64. The van der Waals surface area contributed by atoms with Crippen LogP contribution in [0.5, 0.6) is 17.2 Å². The molecule has 0 saturated heterocycles. The number of Topliss-reactive ketones (excluding diaryl/α,β-unsaturated/α-hetero) is 1. The first-order valence-corrected chi connectivity index (χ1v) is 12.9. The van der Waals surface area contributed by atoms with E-state index in [1.54, 1.807) is 33.1 Å². The molecule has 0 radical (unpaired) electrons. The van der Waals surface area contributed by atoms with Crippen molar-refractivity contribution < 1.29 is 19.0 Å². The van der Waals surface area contributed by atoms with E-state index in [9.17, 15) is 10.1 Å². The Hall–Kier alpha value is -3.08. The van der Waals surface area contributed by atoms with Crippen molar-refractivity contribution in [1.82, 2.24) is 5.32 Å². The zero-order valence-electron chi connectivity index (χ0n) is 21.0. The van der Waals surface area contributed by atoms with Gasteiger partial charge in [0.15, 0.2) is 17.3 Å². The summed E-state index contributed by atoms with van der Waals surface area (Å²) < 4.78 is 16.7. The highest BCUT2D eigenvalue weighted by Crippen LogP contribution is 2.50. The number of ketones is 1. The lowest BCUT2D eigenvalue weighted by molar-refractivity contribution is -0.118. The van der Waals surface area contributed by atoms with Crippen molar-refractivity contribution in [2.24, 2.45) is 5.41 Å². The maximum absolute atomic E-state index is 13.5. The number of nitriles is 1. The quantitative estimate of drug-likeness (QED) is 0.451. The first-order valence-electron chi connectivity index (χ1n) is 11.6. The van der Waals surface area contributed by atoms with Crippen LogP contribution in [0.2, 0.25) is 5.02 Å². The SMILES string of the molecule is COc1cc([C@@H]2C(C#N)=C(SCc3ccc(Cl)cc3)NC3=C2C(=O)CC(C)(C)C3)cc(OC)c1OC. The van der Waals surface area contributed by atoms with Gasteiger partial charge in [-0.05, 0) is 47.2 Å². The molecule has 188 valence electrons. The number of benzene rings is 2. The van der Waals surface area contributed by atoms with Crippen molar-refractivity contribution in [3.05, 3.63) is 74.4 Å². The van der Waals surface area contributed by atoms with Gasteiger partial charge in [0.1, 0.15) is 0 Å². The fraction of sp³-hybridized carbons (Fsp3) is 0.357. The fourth-order valence-electron chi connectivity index (χ4n) is 4.83. The number of methoxy groups -OCH3 is 3. The lowest BCUT2D eigenvalue weighted by atomic mass is 9.69. The minimum Gasteiger partial charge on any atom is -0.493 e. The largest absolute Gasteiger partial charge is 0.493 e. The molecular formula is C28H29ClN2O4S. The fourth-order valence-corrected chi connectivity index (χ4v) is 5.97. The van der Waals surface area contributed by atoms with Crippen molar-refractivity contribution in [2.75, 3.05) is 21.3 Å². The average Bonchev–Trinajstić information content (AvgIpc) is 2.85. The Morgan fingerprint density at radius 2 is 1.72 bits per heavy atom. The molecule has 0 fully saturated rings. The molecule has 4 rings (SSSR count). The Morgan fingerprint density at radius 3 is 2.28 bits per heavy atom. The Kier molecular flexibility index (Phi) is 7.58. The van der Waals surface area contributed by atoms with Crippen LogP contribution in [0.4, 0.5) is 0 Å². The summed E-state index contributed by atoms with van der Waals surface area (Å²) in [4.78, 5) is 13.5. The molecule has 1 aliphatic heterocycles. The molecule has 0 aromatic heterocycles. The van der Waals surface area contributed by atoms with Crippen LogP contribution >= 0.6 is 23.4 Å². The van der Waals surface area contributed by atoms with E-state index in [1.807, 2.05) is 36.4 Å². The van der Waals surface area contributed by atoms with E-state index >= 15 is 0 Å². The second kappa shape index (κ2) is 10.5. The number of nitrogens with one attached hydrogen (secondary N) is 1. The highest BCUT2D eigenvalue weighted by atomic mass is 35.5. The summed E-state index contributed by atoms with van der Waals surface area (Å²) in [5.74, 6) is 1.56. The highest BCUT2D eigenvalue weighted by Gasteiger charge is 2.42. The van der Waals surface area contributed by atoms with Crippen LogP contribution in [0.25, 0.3) is 0 Å². The summed E-state index contributed by atoms with van der Waals surface area (Å²) in [6.07, 6.45) is 1.12. The van der Waals surface area contributed by atoms with E-state index < -0.39 is 5.92 Å². The number of ether oxygens (including phenoxy) is 3. The molecule has 1 heterocycles. The molecule has 0 amide bonds. The van der Waals surface area contributed by atoms with Crippen molar-refractivity contribution >= 4 is 29.1 Å². The predicted molar refractivity (Wildman–Crippen MR) is 142 cm³/mol. The van der Waals surface area contributed by atoms with E-state index in [0.717, 1.165) is 21.9 Å². The van der Waals surface area contributed by atoms with Crippen molar-refractivity contribution in [2.45, 2.75) is 38.4 Å². The van der Waals surface area contributed by atoms with Gasteiger partial charge in [-0.25, -0.2) is 0 Å². The third kappa shape index (κ3) is 5.07. The molecule has 2 aliphatic rings. The van der Waals surface area contributed by atoms with Gasteiger partial charge in [-0.15, -0.1) is 11.8 Å². The molecule has 0 bridgehead atoms. The topological polar surface area (TPSA) is 80.6 Å². The number of hydrogen-bond donors (Lipinski definition) is 1. The number of dihydropyridines is 1. The molecule has 36 heavy (non-hydrogen) atoms. The van der Waals surface area contributed by atoms with Crippen LogP contribution in [-0.2, 0) is 10.5 Å². The molecule has 2 aromatic carbocycles. The highest BCUT2D eigenvalue weighted by molar-refractivity contribution is 8.02. The standard InChI is InChI=1S/C28H29ClN2O4S/c1-28(2)12-20-25(21(32)13-28)24(17-10-22(33-3)26(35-5)23(11-17)34-4)19(14-30)27(31-20)36-15-16-6-8-18(29)9-7-16/h6-11,24,31H,12-13,15H2,1-5H3/t24-/m1/s1. The van der Waals surface area contributed by atoms with Crippen molar-refractivity contribution in [1.29, 1.82) is 5.26 Å². The van der Waals surface area contributed by atoms with Crippen LogP contribution in [0.3, 0.4) is 0 Å². The predicted octanol–water partition coefficient (Wildman–Crippen LogP) is 6.36. The molecule has 1 aliphatic carbocycles. The van der Waals surface area contributed by atoms with Crippen LogP contribution < -0.4 is 19.5 Å². The number of thioether (sulfide) groups is 1. The molecule has 8 heteroatoms. The van der Waals surface area contributed by atoms with Gasteiger partial charge >= 0.3 is 0 Å². The summed E-state index contributed by atoms with van der Waals surface area (Å²) >= 11 is 7.58. The number of allylic oxidation sites excluding steroid dienone is 3. The zero-order valence-corrected chi connectivity index (χ0v) is 22.6. The van der Waals surface area contributed by atoms with E-state index in [0.29, 0.717) is 52.0 Å². The van der Waals surface area contributed by atoms with Crippen LogP contribution in [-0.4, -0.2) is 27.1 Å². The van der Waals surface area contributed by atoms with Crippen molar-refractivity contribution in [3.63, 3.8) is 0 Å². The molecule has 0 spiro atoms. The summed E-state index contributed by atoms with van der Waals surface area (Å²) in [6.45, 7) is 4.18. The van der Waals surface area contributed by atoms with Gasteiger partial charge in [0.25, 0.3) is 0 Å². The third-order valence-corrected chi connectivity index (χ3v) is 7.78. The molecule has 1 N–H and O–H groups in total. The number of carbonyl (C=O) groups is 1. The minimum absolute atomic E-state index is 0.0435. The monoisotopic (exact) mass is 524 g/mol. The van der Waals surface area contributed by atoms with Gasteiger partial charge in [-0.1, -0.05) is 37.6 Å². The molecular weight excluding hydrogens is 496 g/mol. The number of carbonyl (C=O) groups excluding carboxylic acids is 1. The van der Waals surface area contributed by atoms with Gasteiger partial charge in [-0.2, -0.15) is 5.26 Å². The lowest BCUT2D eigenvalue weighted by Crippen LogP contribution is -2.36. The second-order valence-corrected chi connectivity index (χ2v) is 11.0. The minimum atomic E-state index is -0.545. The lowest BCUT2D eigenvalue weighted by Gasteiger charge is -2.39. The molecule has 2 aromatic rings. The molecule has 6 nitrogen and oxygen atoms in total. The third-order valence-electron chi connectivity index (χ3n) is 6.44.